The molecule has 0 amide bonds. The van der Waals surface area contributed by atoms with Crippen molar-refractivity contribution < 1.29 is 25.2 Å². The second-order valence-electron chi connectivity index (χ2n) is 15.1. The number of carbonyl (C=O) groups is 1. The zero-order chi connectivity index (χ0) is 25.8. The third-order valence-corrected chi connectivity index (χ3v) is 13.2. The average molecular weight is 489 g/mol. The van der Waals surface area contributed by atoms with E-state index in [1.807, 2.05) is 6.92 Å². The molecule has 4 saturated carbocycles. The molecule has 0 aliphatic heterocycles. The number of carboxylic acids is 1. The SMILES string of the molecule is CC1(C)CC[C@]2(C(=O)O)CC[C@]3(C)C(=CC[C@H]4[C@@]5(C)C[C@H](O)[C@H](O)[C@@](C)(CO)[C@H]5CC[C@]43C)[C@@H]2C1. The third-order valence-electron chi connectivity index (χ3n) is 13.2. The number of fused-ring (bicyclic) bond motifs is 7. The molecule has 4 fully saturated rings. The van der Waals surface area contributed by atoms with Gasteiger partial charge in [0.2, 0.25) is 0 Å². The van der Waals surface area contributed by atoms with Crippen LogP contribution in [0.3, 0.4) is 0 Å². The molecule has 5 aliphatic rings. The largest absolute Gasteiger partial charge is 0.481 e. The predicted molar refractivity (Wildman–Crippen MR) is 135 cm³/mol. The summed E-state index contributed by atoms with van der Waals surface area (Å²) in [6.45, 7) is 13.6. The summed E-state index contributed by atoms with van der Waals surface area (Å²) in [6.07, 6.45) is 8.40. The zero-order valence-electron chi connectivity index (χ0n) is 22.7. The summed E-state index contributed by atoms with van der Waals surface area (Å²) in [5, 5.41) is 42.8. The summed E-state index contributed by atoms with van der Waals surface area (Å²) in [5.74, 6) is -0.0472. The number of hydrogen-bond acceptors (Lipinski definition) is 4. The van der Waals surface area contributed by atoms with Gasteiger partial charge in [0, 0.05) is 5.41 Å². The third kappa shape index (κ3) is 3.07. The van der Waals surface area contributed by atoms with Gasteiger partial charge in [0.05, 0.1) is 24.2 Å². The van der Waals surface area contributed by atoms with Crippen LogP contribution in [0.4, 0.5) is 0 Å². The summed E-state index contributed by atoms with van der Waals surface area (Å²) >= 11 is 0. The van der Waals surface area contributed by atoms with E-state index in [0.29, 0.717) is 12.3 Å². The lowest BCUT2D eigenvalue weighted by atomic mass is 9.33. The summed E-state index contributed by atoms with van der Waals surface area (Å²) in [7, 11) is 0. The Kier molecular flexibility index (Phi) is 5.56. The van der Waals surface area contributed by atoms with Crippen LogP contribution in [0.25, 0.3) is 0 Å². The van der Waals surface area contributed by atoms with Gasteiger partial charge in [-0.3, -0.25) is 4.79 Å². The van der Waals surface area contributed by atoms with Crippen molar-refractivity contribution >= 4 is 5.97 Å². The smallest absolute Gasteiger partial charge is 0.310 e. The van der Waals surface area contributed by atoms with Crippen molar-refractivity contribution in [2.75, 3.05) is 6.61 Å². The molecule has 5 aliphatic carbocycles. The van der Waals surface area contributed by atoms with Gasteiger partial charge < -0.3 is 20.4 Å². The van der Waals surface area contributed by atoms with Crippen LogP contribution in [0.15, 0.2) is 11.6 Å². The van der Waals surface area contributed by atoms with E-state index in [-0.39, 0.29) is 40.1 Å². The first-order valence-electron chi connectivity index (χ1n) is 14.0. The summed E-state index contributed by atoms with van der Waals surface area (Å²) in [4.78, 5) is 12.8. The van der Waals surface area contributed by atoms with Gasteiger partial charge >= 0.3 is 5.97 Å². The molecular formula is C30H48O5. The second-order valence-corrected chi connectivity index (χ2v) is 15.1. The lowest BCUT2D eigenvalue weighted by molar-refractivity contribution is -0.243. The maximum atomic E-state index is 12.8. The van der Waals surface area contributed by atoms with Crippen LogP contribution >= 0.6 is 0 Å². The number of aliphatic hydroxyl groups is 3. The molecule has 35 heavy (non-hydrogen) atoms. The number of hydrogen-bond donors (Lipinski definition) is 4. The molecule has 0 radical (unpaired) electrons. The number of rotatable bonds is 2. The van der Waals surface area contributed by atoms with Crippen LogP contribution in [0, 0.1) is 50.2 Å². The highest BCUT2D eigenvalue weighted by molar-refractivity contribution is 5.76. The monoisotopic (exact) mass is 488 g/mol. The standard InChI is InChI=1S/C30H48O5/c1-25(2)11-13-30(24(34)35)14-12-28(5)18(19(30)15-25)7-8-22-26(3)16-20(32)23(33)27(4,17-31)21(26)9-10-29(22,28)6/h7,19-23,31-33H,8-17H2,1-6H3,(H,34,35)/t19-,20-,21-,22-,23-,26-,27-,28+,29+,30-/m0/s1. The Morgan fingerprint density at radius 2 is 1.60 bits per heavy atom. The second kappa shape index (κ2) is 7.57. The van der Waals surface area contributed by atoms with Gasteiger partial charge in [-0.15, -0.1) is 0 Å². The highest BCUT2D eigenvalue weighted by Gasteiger charge is 2.70. The van der Waals surface area contributed by atoms with E-state index in [4.69, 9.17) is 0 Å². The Morgan fingerprint density at radius 3 is 2.23 bits per heavy atom. The maximum absolute atomic E-state index is 12.8. The molecule has 0 bridgehead atoms. The van der Waals surface area contributed by atoms with Gasteiger partial charge in [0.15, 0.2) is 0 Å². The Morgan fingerprint density at radius 1 is 0.943 bits per heavy atom. The fraction of sp³-hybridized carbons (Fsp3) is 0.900. The van der Waals surface area contributed by atoms with Crippen LogP contribution in [0.5, 0.6) is 0 Å². The molecule has 0 aromatic rings. The molecular weight excluding hydrogens is 440 g/mol. The van der Waals surface area contributed by atoms with Crippen molar-refractivity contribution in [2.24, 2.45) is 50.2 Å². The van der Waals surface area contributed by atoms with Gasteiger partial charge in [0.25, 0.3) is 0 Å². The molecule has 198 valence electrons. The highest BCUT2D eigenvalue weighted by Crippen LogP contribution is 2.75. The first-order valence-corrected chi connectivity index (χ1v) is 14.0. The zero-order valence-corrected chi connectivity index (χ0v) is 22.7. The van der Waals surface area contributed by atoms with Crippen molar-refractivity contribution in [3.8, 4) is 0 Å². The molecule has 0 aromatic heterocycles. The van der Waals surface area contributed by atoms with E-state index in [2.05, 4.69) is 40.7 Å². The Bertz CT molecular complexity index is 941. The summed E-state index contributed by atoms with van der Waals surface area (Å²) in [6, 6.07) is 0. The van der Waals surface area contributed by atoms with Crippen LogP contribution in [-0.4, -0.2) is 45.2 Å². The van der Waals surface area contributed by atoms with E-state index in [9.17, 15) is 25.2 Å². The van der Waals surface area contributed by atoms with Gasteiger partial charge in [-0.05, 0) is 97.2 Å². The minimum atomic E-state index is -0.907. The predicted octanol–water partition coefficient (Wildman–Crippen LogP) is 5.18. The van der Waals surface area contributed by atoms with Gasteiger partial charge in [-0.1, -0.05) is 53.2 Å². The van der Waals surface area contributed by atoms with Crippen molar-refractivity contribution in [1.29, 1.82) is 0 Å². The van der Waals surface area contributed by atoms with E-state index in [1.165, 1.54) is 5.57 Å². The fourth-order valence-electron chi connectivity index (χ4n) is 10.8. The van der Waals surface area contributed by atoms with Crippen LogP contribution in [-0.2, 0) is 4.79 Å². The number of allylic oxidation sites excluding steroid dienone is 2. The van der Waals surface area contributed by atoms with Crippen molar-refractivity contribution in [2.45, 2.75) is 112 Å². The quantitative estimate of drug-likeness (QED) is 0.402. The maximum Gasteiger partial charge on any atom is 0.310 e. The van der Waals surface area contributed by atoms with E-state index in [1.54, 1.807) is 0 Å². The lowest BCUT2D eigenvalue weighted by Crippen LogP contribution is -2.68. The normalized spacial score (nSPS) is 55.0. The molecule has 0 saturated heterocycles. The van der Waals surface area contributed by atoms with Crippen molar-refractivity contribution in [3.63, 3.8) is 0 Å². The molecule has 4 N–H and O–H groups in total. The number of carboxylic acid groups (broad SMARTS) is 1. The van der Waals surface area contributed by atoms with E-state index >= 15 is 0 Å². The Hall–Kier alpha value is -0.910. The molecule has 10 atom stereocenters. The van der Waals surface area contributed by atoms with Crippen LogP contribution in [0.1, 0.15) is 99.3 Å². The van der Waals surface area contributed by atoms with Crippen LogP contribution in [0.2, 0.25) is 0 Å². The Balaban J connectivity index is 1.61. The van der Waals surface area contributed by atoms with Gasteiger partial charge in [-0.2, -0.15) is 0 Å². The fourth-order valence-corrected chi connectivity index (χ4v) is 10.8. The first kappa shape index (κ1) is 25.7. The molecule has 0 heterocycles. The summed E-state index contributed by atoms with van der Waals surface area (Å²) < 4.78 is 0. The molecule has 0 aromatic carbocycles. The molecule has 5 nitrogen and oxygen atoms in total. The van der Waals surface area contributed by atoms with E-state index in [0.717, 1.165) is 51.4 Å². The minimum Gasteiger partial charge on any atom is -0.481 e. The van der Waals surface area contributed by atoms with Crippen molar-refractivity contribution in [1.82, 2.24) is 0 Å². The van der Waals surface area contributed by atoms with Gasteiger partial charge in [0.1, 0.15) is 0 Å². The Labute approximate surface area is 211 Å². The van der Waals surface area contributed by atoms with Crippen molar-refractivity contribution in [3.05, 3.63) is 11.6 Å². The van der Waals surface area contributed by atoms with Gasteiger partial charge in [-0.25, -0.2) is 0 Å². The lowest BCUT2D eigenvalue weighted by Gasteiger charge is -2.71. The average Bonchev–Trinajstić information content (AvgIpc) is 2.77. The molecule has 0 spiro atoms. The number of aliphatic hydroxyl groups excluding tert-OH is 3. The summed E-state index contributed by atoms with van der Waals surface area (Å²) in [5.41, 5.74) is -0.0632. The molecule has 5 heteroatoms. The molecule has 5 rings (SSSR count). The minimum absolute atomic E-state index is 0.00698. The van der Waals surface area contributed by atoms with E-state index < -0.39 is 29.0 Å². The molecule has 0 unspecified atom stereocenters. The number of aliphatic carboxylic acids is 1. The topological polar surface area (TPSA) is 98.0 Å². The van der Waals surface area contributed by atoms with Crippen LogP contribution < -0.4 is 0 Å². The highest BCUT2D eigenvalue weighted by atomic mass is 16.4. The first-order chi connectivity index (χ1) is 16.1.